The number of aryl methyl sites for hydroxylation is 2. The van der Waals surface area contributed by atoms with Crippen LogP contribution in [0, 0.1) is 5.92 Å². The lowest BCUT2D eigenvalue weighted by Crippen LogP contribution is -2.42. The van der Waals surface area contributed by atoms with Crippen LogP contribution in [-0.2, 0) is 28.9 Å². The molecule has 29 heavy (non-hydrogen) atoms. The summed E-state index contributed by atoms with van der Waals surface area (Å²) in [4.78, 5) is 30.7. The summed E-state index contributed by atoms with van der Waals surface area (Å²) in [5.41, 5.74) is 6.99. The molecule has 2 amide bonds. The van der Waals surface area contributed by atoms with Crippen LogP contribution < -0.4 is 10.9 Å². The Morgan fingerprint density at radius 2 is 2.03 bits per heavy atom. The molecule has 4 rings (SSSR count). The lowest BCUT2D eigenvalue weighted by Gasteiger charge is -2.17. The van der Waals surface area contributed by atoms with Crippen molar-refractivity contribution >= 4 is 50.8 Å². The summed E-state index contributed by atoms with van der Waals surface area (Å²) in [6, 6.07) is 0. The number of hydrazine groups is 1. The van der Waals surface area contributed by atoms with Gasteiger partial charge in [0.05, 0.1) is 11.1 Å². The van der Waals surface area contributed by atoms with Crippen molar-refractivity contribution in [3.05, 3.63) is 16.3 Å². The Kier molecular flexibility index (Phi) is 5.73. The second kappa shape index (κ2) is 8.27. The number of nitrogens with zero attached hydrogens (tertiary/aromatic N) is 4. The molecule has 1 unspecified atom stereocenters. The highest BCUT2D eigenvalue weighted by Gasteiger charge is 2.25. The summed E-state index contributed by atoms with van der Waals surface area (Å²) in [5, 5.41) is 10.6. The van der Waals surface area contributed by atoms with Crippen LogP contribution in [0.5, 0.6) is 0 Å². The number of thioether (sulfide) groups is 1. The Morgan fingerprint density at radius 3 is 2.79 bits per heavy atom. The van der Waals surface area contributed by atoms with E-state index in [2.05, 4.69) is 34.9 Å². The van der Waals surface area contributed by atoms with Crippen molar-refractivity contribution in [1.82, 2.24) is 30.4 Å². The average molecular weight is 433 g/mol. The van der Waals surface area contributed by atoms with Gasteiger partial charge >= 0.3 is 0 Å². The SMILES string of the molecule is CCC(=O)NNC(=O)CSc1nnc2c3c4c(sc3nc(CC)n12)CC(C)CC4. The standard InChI is InChI=1S/C19H24N6O2S2/c1-4-13-20-18-16(11-7-6-10(3)8-12(11)29-18)17-23-24-19(25(13)17)28-9-15(27)22-21-14(26)5-2/h10H,4-9H2,1-3H3,(H,21,26)(H,22,27). The van der Waals surface area contributed by atoms with Crippen LogP contribution in [0.3, 0.4) is 0 Å². The minimum atomic E-state index is -0.289. The fourth-order valence-electron chi connectivity index (χ4n) is 3.60. The summed E-state index contributed by atoms with van der Waals surface area (Å²) < 4.78 is 1.98. The van der Waals surface area contributed by atoms with Gasteiger partial charge < -0.3 is 0 Å². The molecule has 3 aromatic rings. The van der Waals surface area contributed by atoms with Gasteiger partial charge in [-0.15, -0.1) is 21.5 Å². The van der Waals surface area contributed by atoms with E-state index in [9.17, 15) is 9.59 Å². The minimum Gasteiger partial charge on any atom is -0.273 e. The van der Waals surface area contributed by atoms with Crippen molar-refractivity contribution < 1.29 is 9.59 Å². The van der Waals surface area contributed by atoms with E-state index in [4.69, 9.17) is 4.98 Å². The molecule has 1 atom stereocenters. The van der Waals surface area contributed by atoms with Crippen LogP contribution in [0.15, 0.2) is 5.16 Å². The zero-order valence-corrected chi connectivity index (χ0v) is 18.4. The number of fused-ring (bicyclic) bond motifs is 5. The first kappa shape index (κ1) is 20.1. The quantitative estimate of drug-likeness (QED) is 0.475. The molecule has 0 radical (unpaired) electrons. The van der Waals surface area contributed by atoms with Crippen molar-refractivity contribution in [2.24, 2.45) is 5.92 Å². The fraction of sp³-hybridized carbons (Fsp3) is 0.526. The minimum absolute atomic E-state index is 0.130. The maximum Gasteiger partial charge on any atom is 0.248 e. The van der Waals surface area contributed by atoms with Crippen LogP contribution in [0.4, 0.5) is 0 Å². The van der Waals surface area contributed by atoms with Gasteiger partial charge in [0.15, 0.2) is 10.8 Å². The van der Waals surface area contributed by atoms with Gasteiger partial charge in [-0.3, -0.25) is 24.8 Å². The van der Waals surface area contributed by atoms with Gasteiger partial charge in [-0.2, -0.15) is 0 Å². The molecule has 8 nitrogen and oxygen atoms in total. The normalized spacial score (nSPS) is 16.2. The highest BCUT2D eigenvalue weighted by atomic mass is 32.2. The molecular formula is C19H24N6O2S2. The number of amides is 2. The summed E-state index contributed by atoms with van der Waals surface area (Å²) in [6.07, 6.45) is 4.39. The molecule has 154 valence electrons. The number of hydrogen-bond donors (Lipinski definition) is 2. The van der Waals surface area contributed by atoms with E-state index in [-0.39, 0.29) is 17.6 Å². The second-order valence-corrected chi connectivity index (χ2v) is 9.32. The molecule has 0 aliphatic heterocycles. The van der Waals surface area contributed by atoms with Crippen LogP contribution in [0.25, 0.3) is 15.9 Å². The van der Waals surface area contributed by atoms with Gasteiger partial charge in [0.1, 0.15) is 10.7 Å². The average Bonchev–Trinajstić information content (AvgIpc) is 3.29. The Balaban J connectivity index is 1.65. The van der Waals surface area contributed by atoms with Gasteiger partial charge in [-0.05, 0) is 30.7 Å². The topological polar surface area (TPSA) is 101 Å². The van der Waals surface area contributed by atoms with E-state index in [1.807, 2.05) is 4.40 Å². The van der Waals surface area contributed by atoms with Crippen molar-refractivity contribution in [2.75, 3.05) is 5.75 Å². The molecule has 0 fully saturated rings. The number of aromatic nitrogens is 4. The molecule has 3 heterocycles. The number of carbonyl (C=O) groups is 2. The fourth-order valence-corrected chi connectivity index (χ4v) is 5.75. The van der Waals surface area contributed by atoms with E-state index in [0.717, 1.165) is 41.0 Å². The predicted molar refractivity (Wildman–Crippen MR) is 114 cm³/mol. The summed E-state index contributed by atoms with van der Waals surface area (Å²) in [6.45, 7) is 6.08. The first-order valence-electron chi connectivity index (χ1n) is 9.90. The smallest absolute Gasteiger partial charge is 0.248 e. The third-order valence-corrected chi connectivity index (χ3v) is 7.23. The molecule has 0 bridgehead atoms. The first-order chi connectivity index (χ1) is 14.0. The van der Waals surface area contributed by atoms with Crippen molar-refractivity contribution in [1.29, 1.82) is 0 Å². The lowest BCUT2D eigenvalue weighted by atomic mass is 9.89. The molecule has 0 saturated carbocycles. The van der Waals surface area contributed by atoms with E-state index in [1.165, 1.54) is 28.6 Å². The molecule has 0 spiro atoms. The maximum atomic E-state index is 12.0. The summed E-state index contributed by atoms with van der Waals surface area (Å²) in [7, 11) is 0. The van der Waals surface area contributed by atoms with Crippen LogP contribution in [0.2, 0.25) is 0 Å². The zero-order valence-electron chi connectivity index (χ0n) is 16.7. The van der Waals surface area contributed by atoms with E-state index < -0.39 is 0 Å². The van der Waals surface area contributed by atoms with Gasteiger partial charge in [0.25, 0.3) is 0 Å². The predicted octanol–water partition coefficient (Wildman–Crippen LogP) is 2.68. The summed E-state index contributed by atoms with van der Waals surface area (Å²) in [5.74, 6) is 1.21. The maximum absolute atomic E-state index is 12.0. The highest BCUT2D eigenvalue weighted by molar-refractivity contribution is 7.99. The number of hydrogen-bond acceptors (Lipinski definition) is 7. The van der Waals surface area contributed by atoms with Gasteiger partial charge in [-0.1, -0.05) is 32.5 Å². The van der Waals surface area contributed by atoms with Gasteiger partial charge in [-0.25, -0.2) is 4.98 Å². The molecule has 1 aliphatic carbocycles. The van der Waals surface area contributed by atoms with Crippen LogP contribution in [0.1, 0.15) is 49.9 Å². The lowest BCUT2D eigenvalue weighted by molar-refractivity contribution is -0.127. The third-order valence-electron chi connectivity index (χ3n) is 5.15. The third kappa shape index (κ3) is 3.83. The molecule has 2 N–H and O–H groups in total. The number of rotatable bonds is 5. The van der Waals surface area contributed by atoms with Crippen LogP contribution in [-0.4, -0.2) is 37.1 Å². The Labute approximate surface area is 176 Å². The number of thiophene rings is 1. The number of nitrogens with one attached hydrogen (secondary N) is 2. The zero-order chi connectivity index (χ0) is 20.5. The van der Waals surface area contributed by atoms with Crippen molar-refractivity contribution in [2.45, 2.75) is 58.0 Å². The molecule has 3 aromatic heterocycles. The second-order valence-electron chi connectivity index (χ2n) is 7.29. The summed E-state index contributed by atoms with van der Waals surface area (Å²) >= 11 is 3.08. The Morgan fingerprint density at radius 1 is 1.24 bits per heavy atom. The van der Waals surface area contributed by atoms with Crippen molar-refractivity contribution in [3.8, 4) is 0 Å². The van der Waals surface area contributed by atoms with Gasteiger partial charge in [0, 0.05) is 17.7 Å². The number of carbonyl (C=O) groups excluding carboxylic acids is 2. The molecule has 0 saturated heterocycles. The Hall–Kier alpha value is -2.20. The molecule has 0 aromatic carbocycles. The first-order valence-corrected chi connectivity index (χ1v) is 11.7. The van der Waals surface area contributed by atoms with Gasteiger partial charge in [0.2, 0.25) is 11.8 Å². The molecule has 1 aliphatic rings. The Bertz CT molecular complexity index is 1090. The highest BCUT2D eigenvalue weighted by Crippen LogP contribution is 2.39. The largest absolute Gasteiger partial charge is 0.273 e. The molecular weight excluding hydrogens is 408 g/mol. The van der Waals surface area contributed by atoms with E-state index in [1.54, 1.807) is 18.3 Å². The van der Waals surface area contributed by atoms with E-state index >= 15 is 0 Å². The monoisotopic (exact) mass is 432 g/mol. The van der Waals surface area contributed by atoms with Crippen molar-refractivity contribution in [3.63, 3.8) is 0 Å². The van der Waals surface area contributed by atoms with Crippen LogP contribution >= 0.6 is 23.1 Å². The van der Waals surface area contributed by atoms with E-state index in [0.29, 0.717) is 17.5 Å². The molecule has 10 heteroatoms.